The normalized spacial score (nSPS) is 18.7. The number of nitrogens with one attached hydrogen (secondary N) is 1. The molecule has 2 nitrogen and oxygen atoms in total. The highest BCUT2D eigenvalue weighted by Gasteiger charge is 2.24. The van der Waals surface area contributed by atoms with E-state index in [1.54, 1.807) is 0 Å². The molecule has 112 valence electrons. The minimum atomic E-state index is 0.524. The van der Waals surface area contributed by atoms with Gasteiger partial charge in [0.15, 0.2) is 0 Å². The molecule has 1 aliphatic rings. The fraction of sp³-hybridized carbons (Fsp3) is 0.412. The molecule has 1 unspecified atom stereocenters. The van der Waals surface area contributed by atoms with E-state index in [1.807, 2.05) is 11.3 Å². The van der Waals surface area contributed by atoms with E-state index >= 15 is 0 Å². The Labute approximate surface area is 139 Å². The number of thiophene rings is 1. The smallest absolute Gasteiger partial charge is 0.0534 e. The van der Waals surface area contributed by atoms with Gasteiger partial charge in [-0.25, -0.2) is 0 Å². The summed E-state index contributed by atoms with van der Waals surface area (Å²) in [7, 11) is 0. The monoisotopic (exact) mass is 364 g/mol. The van der Waals surface area contributed by atoms with E-state index in [4.69, 9.17) is 0 Å². The number of fused-ring (bicyclic) bond motifs is 1. The lowest BCUT2D eigenvalue weighted by molar-refractivity contribution is 0.403. The Kier molecular flexibility index (Phi) is 4.67. The number of para-hydroxylation sites is 1. The first kappa shape index (κ1) is 15.1. The summed E-state index contributed by atoms with van der Waals surface area (Å²) in [5.74, 6) is 0.633. The first-order valence-electron chi connectivity index (χ1n) is 7.43. The maximum atomic E-state index is 3.71. The van der Waals surface area contributed by atoms with E-state index < -0.39 is 0 Å². The highest BCUT2D eigenvalue weighted by molar-refractivity contribution is 9.10. The number of halogens is 1. The third-order valence-electron chi connectivity index (χ3n) is 4.13. The van der Waals surface area contributed by atoms with Crippen molar-refractivity contribution in [2.24, 2.45) is 5.92 Å². The molecule has 0 saturated heterocycles. The molecule has 0 amide bonds. The Bertz CT molecular complexity index is 608. The number of benzene rings is 1. The number of hydrogen-bond acceptors (Lipinski definition) is 3. The summed E-state index contributed by atoms with van der Waals surface area (Å²) in [5, 5.41) is 5.87. The lowest BCUT2D eigenvalue weighted by Crippen LogP contribution is -2.41. The van der Waals surface area contributed by atoms with Crippen molar-refractivity contribution in [1.82, 2.24) is 5.32 Å². The van der Waals surface area contributed by atoms with Crippen molar-refractivity contribution >= 4 is 33.0 Å². The van der Waals surface area contributed by atoms with Gasteiger partial charge in [0.25, 0.3) is 0 Å². The van der Waals surface area contributed by atoms with Gasteiger partial charge in [0.05, 0.1) is 6.54 Å². The highest BCUT2D eigenvalue weighted by atomic mass is 79.9. The average Bonchev–Trinajstić information content (AvgIpc) is 2.77. The maximum absolute atomic E-state index is 3.71. The number of hydrogen-bond donors (Lipinski definition) is 1. The molecule has 1 aromatic carbocycles. The summed E-state index contributed by atoms with van der Waals surface area (Å²) in [5.41, 5.74) is 2.77. The van der Waals surface area contributed by atoms with Crippen molar-refractivity contribution in [3.05, 3.63) is 50.6 Å². The van der Waals surface area contributed by atoms with Gasteiger partial charge in [-0.3, -0.25) is 0 Å². The molecule has 1 N–H and O–H groups in total. The van der Waals surface area contributed by atoms with Crippen molar-refractivity contribution in [3.63, 3.8) is 0 Å². The predicted octanol–water partition coefficient (Wildman–Crippen LogP) is 4.65. The quantitative estimate of drug-likeness (QED) is 0.852. The van der Waals surface area contributed by atoms with E-state index in [2.05, 4.69) is 75.7 Å². The molecule has 3 rings (SSSR count). The first-order chi connectivity index (χ1) is 10.1. The van der Waals surface area contributed by atoms with Gasteiger partial charge in [-0.05, 0) is 44.9 Å². The van der Waals surface area contributed by atoms with Crippen LogP contribution < -0.4 is 10.2 Å². The van der Waals surface area contributed by atoms with Crippen LogP contribution in [0.5, 0.6) is 0 Å². The second kappa shape index (κ2) is 6.51. The van der Waals surface area contributed by atoms with Crippen LogP contribution in [0, 0.1) is 5.92 Å². The number of nitrogens with zero attached hydrogens (tertiary/aromatic N) is 1. The number of rotatable bonds is 3. The van der Waals surface area contributed by atoms with Crippen LogP contribution >= 0.6 is 27.3 Å². The van der Waals surface area contributed by atoms with Crippen molar-refractivity contribution in [2.45, 2.75) is 33.0 Å². The van der Waals surface area contributed by atoms with Crippen LogP contribution in [0.1, 0.15) is 24.3 Å². The SMILES string of the molecule is CC(C)C1CN(Cc2sccc2Br)c2ccccc2CN1. The van der Waals surface area contributed by atoms with E-state index in [0.29, 0.717) is 12.0 Å². The molecule has 21 heavy (non-hydrogen) atoms. The molecule has 0 saturated carbocycles. The summed E-state index contributed by atoms with van der Waals surface area (Å²) >= 11 is 5.49. The second-order valence-electron chi connectivity index (χ2n) is 5.93. The van der Waals surface area contributed by atoms with Crippen molar-refractivity contribution in [2.75, 3.05) is 11.4 Å². The van der Waals surface area contributed by atoms with Crippen molar-refractivity contribution < 1.29 is 0 Å². The molecule has 0 aliphatic carbocycles. The Morgan fingerprint density at radius 1 is 1.33 bits per heavy atom. The molecule has 1 atom stereocenters. The summed E-state index contributed by atoms with van der Waals surface area (Å²) in [6.45, 7) is 7.58. The highest BCUT2D eigenvalue weighted by Crippen LogP contribution is 2.30. The molecule has 0 radical (unpaired) electrons. The van der Waals surface area contributed by atoms with E-state index in [1.165, 1.54) is 20.6 Å². The van der Waals surface area contributed by atoms with E-state index in [9.17, 15) is 0 Å². The first-order valence-corrected chi connectivity index (χ1v) is 9.10. The van der Waals surface area contributed by atoms with Crippen molar-refractivity contribution in [1.29, 1.82) is 0 Å². The molecule has 4 heteroatoms. The van der Waals surface area contributed by atoms with Crippen LogP contribution in [0.15, 0.2) is 40.2 Å². The summed E-state index contributed by atoms with van der Waals surface area (Å²) < 4.78 is 1.23. The lowest BCUT2D eigenvalue weighted by atomic mass is 10.0. The minimum absolute atomic E-state index is 0.524. The summed E-state index contributed by atoms with van der Waals surface area (Å²) in [6.07, 6.45) is 0. The zero-order chi connectivity index (χ0) is 14.8. The van der Waals surface area contributed by atoms with Gasteiger partial charge < -0.3 is 10.2 Å². The lowest BCUT2D eigenvalue weighted by Gasteiger charge is -2.29. The standard InChI is InChI=1S/C17H21BrN2S/c1-12(2)15-10-20(11-17-14(18)7-8-21-17)16-6-4-3-5-13(16)9-19-15/h3-8,12,15,19H,9-11H2,1-2H3. The average molecular weight is 365 g/mol. The van der Waals surface area contributed by atoms with Gasteiger partial charge in [-0.15, -0.1) is 11.3 Å². The minimum Gasteiger partial charge on any atom is -0.365 e. The fourth-order valence-corrected chi connectivity index (χ4v) is 4.31. The molecule has 1 aromatic heterocycles. The van der Waals surface area contributed by atoms with Crippen LogP contribution in [0.4, 0.5) is 5.69 Å². The third-order valence-corrected chi connectivity index (χ3v) is 6.05. The zero-order valence-corrected chi connectivity index (χ0v) is 14.9. The molecule has 0 spiro atoms. The van der Waals surface area contributed by atoms with Gasteiger partial charge in [0, 0.05) is 34.2 Å². The second-order valence-corrected chi connectivity index (χ2v) is 7.79. The number of anilines is 1. The molecular weight excluding hydrogens is 344 g/mol. The van der Waals surface area contributed by atoms with Gasteiger partial charge in [-0.1, -0.05) is 32.0 Å². The van der Waals surface area contributed by atoms with Crippen LogP contribution in [0.25, 0.3) is 0 Å². The van der Waals surface area contributed by atoms with Crippen LogP contribution in [0.2, 0.25) is 0 Å². The molecule has 2 heterocycles. The zero-order valence-electron chi connectivity index (χ0n) is 12.5. The third kappa shape index (κ3) is 3.33. The molecular formula is C17H21BrN2S. The Morgan fingerprint density at radius 2 is 2.14 bits per heavy atom. The van der Waals surface area contributed by atoms with Gasteiger partial charge >= 0.3 is 0 Å². The van der Waals surface area contributed by atoms with Gasteiger partial charge in [0.2, 0.25) is 0 Å². The summed E-state index contributed by atoms with van der Waals surface area (Å²) in [4.78, 5) is 3.92. The van der Waals surface area contributed by atoms with Gasteiger partial charge in [-0.2, -0.15) is 0 Å². The van der Waals surface area contributed by atoms with Crippen LogP contribution in [-0.2, 0) is 13.1 Å². The topological polar surface area (TPSA) is 15.3 Å². The fourth-order valence-electron chi connectivity index (χ4n) is 2.82. The van der Waals surface area contributed by atoms with E-state index in [-0.39, 0.29) is 0 Å². The van der Waals surface area contributed by atoms with Crippen LogP contribution in [-0.4, -0.2) is 12.6 Å². The van der Waals surface area contributed by atoms with Crippen molar-refractivity contribution in [3.8, 4) is 0 Å². The molecule has 2 aromatic rings. The predicted molar refractivity (Wildman–Crippen MR) is 95.0 cm³/mol. The maximum Gasteiger partial charge on any atom is 0.0534 e. The molecule has 0 fully saturated rings. The van der Waals surface area contributed by atoms with E-state index in [0.717, 1.165) is 19.6 Å². The molecule has 0 bridgehead atoms. The Morgan fingerprint density at radius 3 is 2.86 bits per heavy atom. The molecule has 1 aliphatic heterocycles. The Hall–Kier alpha value is -0.840. The Balaban J connectivity index is 1.92. The van der Waals surface area contributed by atoms with Crippen LogP contribution in [0.3, 0.4) is 0 Å². The van der Waals surface area contributed by atoms with Gasteiger partial charge in [0.1, 0.15) is 0 Å². The summed E-state index contributed by atoms with van der Waals surface area (Å²) in [6, 6.07) is 11.4. The largest absolute Gasteiger partial charge is 0.365 e.